The van der Waals surface area contributed by atoms with Crippen molar-refractivity contribution >= 4 is 23.2 Å². The second kappa shape index (κ2) is 4.75. The van der Waals surface area contributed by atoms with Gasteiger partial charge in [-0.2, -0.15) is 0 Å². The van der Waals surface area contributed by atoms with Crippen LogP contribution in [0.5, 0.6) is 5.75 Å². The second-order valence-corrected chi connectivity index (χ2v) is 4.27. The molecule has 0 aromatic heterocycles. The van der Waals surface area contributed by atoms with Gasteiger partial charge in [-0.05, 0) is 0 Å². The van der Waals surface area contributed by atoms with Crippen LogP contribution < -0.4 is 15.8 Å². The van der Waals surface area contributed by atoms with E-state index in [1.54, 1.807) is 0 Å². The van der Waals surface area contributed by atoms with E-state index in [2.05, 4.69) is 5.32 Å². The van der Waals surface area contributed by atoms with E-state index in [1.165, 1.54) is 20.2 Å². The summed E-state index contributed by atoms with van der Waals surface area (Å²) in [6.07, 6.45) is 0.00145. The first kappa shape index (κ1) is 13.1. The Kier molecular flexibility index (Phi) is 3.28. The molecule has 1 aliphatic rings. The summed E-state index contributed by atoms with van der Waals surface area (Å²) in [7, 11) is 2.80. The van der Waals surface area contributed by atoms with Gasteiger partial charge in [-0.15, -0.1) is 0 Å². The normalized spacial score (nSPS) is 18.9. The van der Waals surface area contributed by atoms with Gasteiger partial charge in [0.25, 0.3) is 5.91 Å². The number of likely N-dealkylation sites (N-methyl/N-ethyl adjacent to an activating group) is 1. The Morgan fingerprint density at radius 1 is 1.47 bits per heavy atom. The molecule has 0 saturated carbocycles. The number of benzene rings is 1. The maximum absolute atomic E-state index is 13.7. The molecule has 102 valence electrons. The lowest BCUT2D eigenvalue weighted by molar-refractivity contribution is -0.136. The number of imide groups is 1. The van der Waals surface area contributed by atoms with Gasteiger partial charge in [0.05, 0.1) is 24.9 Å². The summed E-state index contributed by atoms with van der Waals surface area (Å²) in [5, 5.41) is 2.70. The highest BCUT2D eigenvalue weighted by molar-refractivity contribution is 6.06. The molecule has 3 N–H and O–H groups in total. The van der Waals surface area contributed by atoms with E-state index in [4.69, 9.17) is 10.5 Å². The van der Waals surface area contributed by atoms with Gasteiger partial charge in [0.2, 0.25) is 5.91 Å². The second-order valence-electron chi connectivity index (χ2n) is 4.27. The monoisotopic (exact) mass is 267 g/mol. The van der Waals surface area contributed by atoms with Crippen molar-refractivity contribution < 1.29 is 18.7 Å². The van der Waals surface area contributed by atoms with Crippen LogP contribution >= 0.6 is 0 Å². The summed E-state index contributed by atoms with van der Waals surface area (Å²) in [5.74, 6) is -0.993. The van der Waals surface area contributed by atoms with Crippen molar-refractivity contribution in [2.24, 2.45) is 0 Å². The van der Waals surface area contributed by atoms with Crippen molar-refractivity contribution in [3.8, 4) is 5.75 Å². The Balaban J connectivity index is 2.25. The number of carbonyl (C=O) groups is 2. The largest absolute Gasteiger partial charge is 0.495 e. The number of nitrogens with two attached hydrogens (primary N) is 1. The predicted octanol–water partition coefficient (Wildman–Crippen LogP) is 0.586. The molecule has 0 spiro atoms. The number of hydrogen-bond donors (Lipinski definition) is 2. The Morgan fingerprint density at radius 2 is 2.16 bits per heavy atom. The average Bonchev–Trinajstić information content (AvgIpc) is 2.60. The lowest BCUT2D eigenvalue weighted by Crippen LogP contribution is -2.32. The van der Waals surface area contributed by atoms with Crippen molar-refractivity contribution in [2.45, 2.75) is 12.5 Å². The first-order chi connectivity index (χ1) is 8.93. The molecule has 0 radical (unpaired) electrons. The van der Waals surface area contributed by atoms with E-state index in [1.807, 2.05) is 0 Å². The number of nitrogens with one attached hydrogen (secondary N) is 1. The van der Waals surface area contributed by atoms with E-state index in [9.17, 15) is 14.0 Å². The third-order valence-corrected chi connectivity index (χ3v) is 3.03. The van der Waals surface area contributed by atoms with Crippen LogP contribution in [0.4, 0.5) is 15.8 Å². The number of nitrogens with zero attached hydrogens (tertiary/aromatic N) is 1. The number of anilines is 2. The highest BCUT2D eigenvalue weighted by Gasteiger charge is 2.36. The molecule has 1 fully saturated rings. The minimum Gasteiger partial charge on any atom is -0.495 e. The van der Waals surface area contributed by atoms with E-state index < -0.39 is 11.9 Å². The number of carbonyl (C=O) groups excluding carboxylic acids is 2. The molecule has 0 bridgehead atoms. The predicted molar refractivity (Wildman–Crippen MR) is 67.2 cm³/mol. The Hall–Kier alpha value is -2.31. The Bertz CT molecular complexity index is 547. The molecule has 2 amide bonds. The third kappa shape index (κ3) is 2.31. The smallest absolute Gasteiger partial charge is 0.251 e. The molecule has 0 aliphatic carbocycles. The van der Waals surface area contributed by atoms with Crippen molar-refractivity contribution in [3.05, 3.63) is 17.9 Å². The Morgan fingerprint density at radius 3 is 2.68 bits per heavy atom. The van der Waals surface area contributed by atoms with E-state index in [0.29, 0.717) is 5.75 Å². The van der Waals surface area contributed by atoms with Gasteiger partial charge >= 0.3 is 0 Å². The fourth-order valence-electron chi connectivity index (χ4n) is 1.91. The van der Waals surface area contributed by atoms with Crippen LogP contribution in [0.25, 0.3) is 0 Å². The van der Waals surface area contributed by atoms with Gasteiger partial charge in [-0.1, -0.05) is 0 Å². The van der Waals surface area contributed by atoms with Gasteiger partial charge in [0.15, 0.2) is 0 Å². The number of halogens is 1. The number of nitrogen functional groups attached to an aromatic ring is 1. The molecule has 19 heavy (non-hydrogen) atoms. The van der Waals surface area contributed by atoms with Crippen LogP contribution in [0, 0.1) is 5.82 Å². The number of methoxy groups -OCH3 is 1. The SMILES string of the molecule is COc1cc(NC2CC(=O)N(C)C2=O)c(F)cc1N. The number of ether oxygens (including phenoxy) is 1. The molecule has 1 aromatic carbocycles. The molecule has 1 aliphatic heterocycles. The first-order valence-electron chi connectivity index (χ1n) is 5.64. The van der Waals surface area contributed by atoms with E-state index in [-0.39, 0.29) is 29.6 Å². The zero-order chi connectivity index (χ0) is 14.2. The zero-order valence-corrected chi connectivity index (χ0v) is 10.6. The summed E-state index contributed by atoms with van der Waals surface area (Å²) >= 11 is 0. The van der Waals surface area contributed by atoms with Gasteiger partial charge in [0.1, 0.15) is 17.6 Å². The summed E-state index contributed by atoms with van der Waals surface area (Å²) in [6.45, 7) is 0. The first-order valence-corrected chi connectivity index (χ1v) is 5.64. The minimum absolute atomic E-state index is 0.00145. The van der Waals surface area contributed by atoms with Gasteiger partial charge in [0, 0.05) is 19.2 Å². The van der Waals surface area contributed by atoms with Gasteiger partial charge in [-0.25, -0.2) is 4.39 Å². The molecule has 7 heteroatoms. The van der Waals surface area contributed by atoms with Crippen molar-refractivity contribution in [1.29, 1.82) is 0 Å². The summed E-state index contributed by atoms with van der Waals surface area (Å²) < 4.78 is 18.7. The van der Waals surface area contributed by atoms with Crippen molar-refractivity contribution in [2.75, 3.05) is 25.2 Å². The molecule has 2 rings (SSSR count). The number of likely N-dealkylation sites (tertiary alicyclic amines) is 1. The van der Waals surface area contributed by atoms with Crippen LogP contribution in [0.3, 0.4) is 0 Å². The maximum atomic E-state index is 13.7. The third-order valence-electron chi connectivity index (χ3n) is 3.03. The van der Waals surface area contributed by atoms with E-state index in [0.717, 1.165) is 11.0 Å². The van der Waals surface area contributed by atoms with Crippen LogP contribution in [0.15, 0.2) is 12.1 Å². The summed E-state index contributed by atoms with van der Waals surface area (Å²) in [5.41, 5.74) is 5.80. The quantitative estimate of drug-likeness (QED) is 0.618. The lowest BCUT2D eigenvalue weighted by Gasteiger charge is -2.15. The molecule has 1 saturated heterocycles. The molecule has 1 atom stereocenters. The Labute approximate surface area is 109 Å². The number of hydrogen-bond acceptors (Lipinski definition) is 5. The van der Waals surface area contributed by atoms with Crippen molar-refractivity contribution in [3.63, 3.8) is 0 Å². The minimum atomic E-state index is -0.764. The maximum Gasteiger partial charge on any atom is 0.251 e. The topological polar surface area (TPSA) is 84.7 Å². The van der Waals surface area contributed by atoms with Crippen LogP contribution in [0.1, 0.15) is 6.42 Å². The standard InChI is InChI=1S/C12H14FN3O3/c1-16-11(17)5-9(12(16)18)15-8-4-10(19-2)7(14)3-6(8)13/h3-4,9,15H,5,14H2,1-2H3. The number of amides is 2. The van der Waals surface area contributed by atoms with Crippen LogP contribution in [-0.2, 0) is 9.59 Å². The van der Waals surface area contributed by atoms with Crippen LogP contribution in [-0.4, -0.2) is 36.9 Å². The van der Waals surface area contributed by atoms with Gasteiger partial charge < -0.3 is 15.8 Å². The molecular weight excluding hydrogens is 253 g/mol. The fraction of sp³-hybridized carbons (Fsp3) is 0.333. The van der Waals surface area contributed by atoms with E-state index >= 15 is 0 Å². The fourth-order valence-corrected chi connectivity index (χ4v) is 1.91. The lowest BCUT2D eigenvalue weighted by atomic mass is 10.2. The average molecular weight is 267 g/mol. The molecule has 1 unspecified atom stereocenters. The van der Waals surface area contributed by atoms with Gasteiger partial charge in [-0.3, -0.25) is 14.5 Å². The highest BCUT2D eigenvalue weighted by atomic mass is 19.1. The van der Waals surface area contributed by atoms with Crippen LogP contribution in [0.2, 0.25) is 0 Å². The summed E-state index contributed by atoms with van der Waals surface area (Å²) in [4.78, 5) is 24.1. The number of rotatable bonds is 3. The molecular formula is C12H14FN3O3. The highest BCUT2D eigenvalue weighted by Crippen LogP contribution is 2.29. The van der Waals surface area contributed by atoms with Crippen molar-refractivity contribution in [1.82, 2.24) is 4.90 Å². The molecule has 1 heterocycles. The zero-order valence-electron chi connectivity index (χ0n) is 10.6. The molecule has 6 nitrogen and oxygen atoms in total. The summed E-state index contributed by atoms with van der Waals surface area (Å²) in [6, 6.07) is 1.70. The molecule has 1 aromatic rings.